The van der Waals surface area contributed by atoms with Crippen LogP contribution in [0.15, 0.2) is 102 Å². The van der Waals surface area contributed by atoms with E-state index in [0.29, 0.717) is 17.6 Å². The molecule has 0 fully saturated rings. The molecule has 9 heteroatoms. The fourth-order valence-electron chi connectivity index (χ4n) is 4.41. The summed E-state index contributed by atoms with van der Waals surface area (Å²) in [6, 6.07) is 31.8. The first kappa shape index (κ1) is 26.7. The average molecular weight is 578 g/mol. The van der Waals surface area contributed by atoms with E-state index in [0.717, 1.165) is 38.8 Å². The largest absolute Gasteiger partial charge is 0.494 e. The molecule has 6 aromatic rings. The monoisotopic (exact) mass is 577 g/mol. The number of hydrogen-bond donors (Lipinski definition) is 1. The molecule has 0 spiro atoms. The Morgan fingerprint density at radius 1 is 0.927 bits per heavy atom. The highest BCUT2D eigenvalue weighted by Gasteiger charge is 2.18. The van der Waals surface area contributed by atoms with E-state index < -0.39 is 0 Å². The Morgan fingerprint density at radius 3 is 2.46 bits per heavy atom. The quantitative estimate of drug-likeness (QED) is 0.178. The number of ether oxygens (including phenoxy) is 1. The lowest BCUT2D eigenvalue weighted by atomic mass is 10.2. The Bertz CT molecular complexity index is 1800. The number of benzene rings is 4. The highest BCUT2D eigenvalue weighted by molar-refractivity contribution is 7.99. The molecule has 2 aromatic heterocycles. The summed E-state index contributed by atoms with van der Waals surface area (Å²) in [7, 11) is 0. The number of nitrogens with one attached hydrogen (secondary N) is 1. The van der Waals surface area contributed by atoms with E-state index in [1.165, 1.54) is 22.0 Å². The maximum absolute atomic E-state index is 12.9. The van der Waals surface area contributed by atoms with Crippen molar-refractivity contribution < 1.29 is 9.53 Å². The summed E-state index contributed by atoms with van der Waals surface area (Å²) in [5.41, 5.74) is 5.80. The second-order valence-electron chi connectivity index (χ2n) is 9.34. The van der Waals surface area contributed by atoms with E-state index in [2.05, 4.69) is 40.6 Å². The van der Waals surface area contributed by atoms with Gasteiger partial charge >= 0.3 is 0 Å². The van der Waals surface area contributed by atoms with Crippen LogP contribution in [0.25, 0.3) is 37.9 Å². The number of anilines is 1. The zero-order chi connectivity index (χ0) is 28.2. The minimum absolute atomic E-state index is 0.124. The van der Waals surface area contributed by atoms with Crippen LogP contribution in [0.5, 0.6) is 5.75 Å². The summed E-state index contributed by atoms with van der Waals surface area (Å²) < 4.78 is 8.75. The van der Waals surface area contributed by atoms with Crippen LogP contribution in [-0.4, -0.2) is 38.0 Å². The van der Waals surface area contributed by atoms with E-state index in [1.54, 1.807) is 11.3 Å². The van der Waals surface area contributed by atoms with Crippen LogP contribution >= 0.6 is 23.1 Å². The molecule has 0 radical (unpaired) electrons. The number of amides is 1. The number of aryl methyl sites for hydroxylation is 1. The van der Waals surface area contributed by atoms with Gasteiger partial charge in [-0.3, -0.25) is 9.36 Å². The van der Waals surface area contributed by atoms with Gasteiger partial charge in [0.2, 0.25) is 5.91 Å². The number of hydrogen-bond acceptors (Lipinski definition) is 7. The van der Waals surface area contributed by atoms with Gasteiger partial charge in [-0.1, -0.05) is 48.2 Å². The Hall–Kier alpha value is -4.47. The van der Waals surface area contributed by atoms with Crippen molar-refractivity contribution in [1.82, 2.24) is 19.7 Å². The number of carbonyl (C=O) groups excluding carboxylic acids is 1. The Labute approximate surface area is 246 Å². The standard InChI is InChI=1S/C32H27N5O2S2/c1-3-39-26-16-14-25(15-17-26)37-30(22-7-5-4-6-8-22)35-36-32(37)40-20-29(38)33-24-12-10-23(11-13-24)31-34-27-18-9-21(2)19-28(27)41-31/h4-19H,3,20H2,1-2H3,(H,33,38). The maximum Gasteiger partial charge on any atom is 0.234 e. The number of carbonyl (C=O) groups is 1. The predicted molar refractivity (Wildman–Crippen MR) is 167 cm³/mol. The summed E-state index contributed by atoms with van der Waals surface area (Å²) in [6.07, 6.45) is 0. The molecule has 0 bridgehead atoms. The van der Waals surface area contributed by atoms with Crippen molar-refractivity contribution >= 4 is 44.9 Å². The van der Waals surface area contributed by atoms with Gasteiger partial charge in [-0.15, -0.1) is 21.5 Å². The topological polar surface area (TPSA) is 81.9 Å². The van der Waals surface area contributed by atoms with Crippen LogP contribution in [0.4, 0.5) is 5.69 Å². The van der Waals surface area contributed by atoms with Crippen molar-refractivity contribution in [2.24, 2.45) is 0 Å². The Balaban J connectivity index is 1.16. The molecule has 0 unspecified atom stereocenters. The third-order valence-corrected chi connectivity index (χ3v) is 8.36. The summed E-state index contributed by atoms with van der Waals surface area (Å²) in [4.78, 5) is 17.7. The maximum atomic E-state index is 12.9. The smallest absolute Gasteiger partial charge is 0.234 e. The molecule has 0 atom stereocenters. The number of thiazole rings is 1. The Morgan fingerprint density at radius 2 is 1.71 bits per heavy atom. The highest BCUT2D eigenvalue weighted by Crippen LogP contribution is 2.32. The van der Waals surface area contributed by atoms with Crippen molar-refractivity contribution in [3.05, 3.63) is 103 Å². The van der Waals surface area contributed by atoms with Gasteiger partial charge in [0.05, 0.1) is 22.6 Å². The fraction of sp³-hybridized carbons (Fsp3) is 0.125. The molecule has 204 valence electrons. The summed E-state index contributed by atoms with van der Waals surface area (Å²) >= 11 is 3.01. The molecular weight excluding hydrogens is 551 g/mol. The molecule has 2 heterocycles. The third-order valence-electron chi connectivity index (χ3n) is 6.36. The number of fused-ring (bicyclic) bond motifs is 1. The molecule has 4 aromatic carbocycles. The summed E-state index contributed by atoms with van der Waals surface area (Å²) in [5.74, 6) is 1.56. The molecule has 6 rings (SSSR count). The second-order valence-corrected chi connectivity index (χ2v) is 11.3. The van der Waals surface area contributed by atoms with Crippen molar-refractivity contribution in [3.63, 3.8) is 0 Å². The molecule has 0 saturated heterocycles. The van der Waals surface area contributed by atoms with Gasteiger partial charge in [-0.25, -0.2) is 4.98 Å². The van der Waals surface area contributed by atoms with E-state index in [9.17, 15) is 4.79 Å². The summed E-state index contributed by atoms with van der Waals surface area (Å²) in [5, 5.41) is 13.5. The molecule has 1 amide bonds. The number of nitrogens with zero attached hydrogens (tertiary/aromatic N) is 4. The van der Waals surface area contributed by atoms with E-state index >= 15 is 0 Å². The van der Waals surface area contributed by atoms with E-state index in [1.807, 2.05) is 90.4 Å². The van der Waals surface area contributed by atoms with E-state index in [-0.39, 0.29) is 11.7 Å². The number of rotatable bonds is 9. The lowest BCUT2D eigenvalue weighted by Gasteiger charge is -2.12. The third kappa shape index (κ3) is 6.01. The molecule has 0 saturated carbocycles. The minimum atomic E-state index is -0.124. The average Bonchev–Trinajstić information content (AvgIpc) is 3.62. The lowest BCUT2D eigenvalue weighted by molar-refractivity contribution is -0.113. The van der Waals surface area contributed by atoms with Gasteiger partial charge in [-0.2, -0.15) is 0 Å². The molecule has 7 nitrogen and oxygen atoms in total. The zero-order valence-electron chi connectivity index (χ0n) is 22.6. The Kier molecular flexibility index (Phi) is 7.80. The van der Waals surface area contributed by atoms with Gasteiger partial charge < -0.3 is 10.1 Å². The van der Waals surface area contributed by atoms with Crippen LogP contribution in [0.3, 0.4) is 0 Å². The van der Waals surface area contributed by atoms with Crippen molar-refractivity contribution in [3.8, 4) is 33.4 Å². The SMILES string of the molecule is CCOc1ccc(-n2c(SCC(=O)Nc3ccc(-c4nc5ccc(C)cc5s4)cc3)nnc2-c2ccccc2)cc1. The van der Waals surface area contributed by atoms with Crippen LogP contribution in [0, 0.1) is 6.92 Å². The highest BCUT2D eigenvalue weighted by atomic mass is 32.2. The second kappa shape index (κ2) is 12.0. The van der Waals surface area contributed by atoms with Crippen LogP contribution in [-0.2, 0) is 4.79 Å². The van der Waals surface area contributed by atoms with Gasteiger partial charge in [-0.05, 0) is 80.1 Å². The first-order valence-corrected chi connectivity index (χ1v) is 15.0. The lowest BCUT2D eigenvalue weighted by Crippen LogP contribution is -2.14. The van der Waals surface area contributed by atoms with Crippen LogP contribution in [0.2, 0.25) is 0 Å². The predicted octanol–water partition coefficient (Wildman–Crippen LogP) is 7.65. The van der Waals surface area contributed by atoms with Crippen LogP contribution in [0.1, 0.15) is 12.5 Å². The van der Waals surface area contributed by atoms with Gasteiger partial charge in [0.1, 0.15) is 10.8 Å². The molecular formula is C32H27N5O2S2. The van der Waals surface area contributed by atoms with Crippen molar-refractivity contribution in [1.29, 1.82) is 0 Å². The van der Waals surface area contributed by atoms with Crippen molar-refractivity contribution in [2.75, 3.05) is 17.7 Å². The van der Waals surface area contributed by atoms with Crippen molar-refractivity contribution in [2.45, 2.75) is 19.0 Å². The van der Waals surface area contributed by atoms with Gasteiger partial charge in [0.15, 0.2) is 11.0 Å². The minimum Gasteiger partial charge on any atom is -0.494 e. The fourth-order valence-corrected chi connectivity index (χ4v) is 6.23. The van der Waals surface area contributed by atoms with Crippen LogP contribution < -0.4 is 10.1 Å². The first-order chi connectivity index (χ1) is 20.1. The van der Waals surface area contributed by atoms with Gasteiger partial charge in [0.25, 0.3) is 0 Å². The first-order valence-electron chi connectivity index (χ1n) is 13.2. The number of thioether (sulfide) groups is 1. The molecule has 0 aliphatic carbocycles. The number of aromatic nitrogens is 4. The zero-order valence-corrected chi connectivity index (χ0v) is 24.2. The van der Waals surface area contributed by atoms with E-state index in [4.69, 9.17) is 9.72 Å². The van der Waals surface area contributed by atoms with Gasteiger partial charge in [0, 0.05) is 22.5 Å². The molecule has 41 heavy (non-hydrogen) atoms. The normalized spacial score (nSPS) is 11.1. The molecule has 0 aliphatic rings. The molecule has 1 N–H and O–H groups in total. The summed E-state index contributed by atoms with van der Waals surface area (Å²) in [6.45, 7) is 4.64. The molecule has 0 aliphatic heterocycles.